The molecule has 6 rings (SSSR count). The van der Waals surface area contributed by atoms with Crippen molar-refractivity contribution in [3.8, 4) is 11.1 Å². The summed E-state index contributed by atoms with van der Waals surface area (Å²) in [5, 5.41) is -0.433. The Morgan fingerprint density at radius 3 is 2.54 bits per heavy atom. The smallest absolute Gasteiger partial charge is 0.274 e. The third-order valence-corrected chi connectivity index (χ3v) is 9.92. The topological polar surface area (TPSA) is 153 Å². The Labute approximate surface area is 263 Å². The molecule has 2 aliphatic rings. The zero-order valence-corrected chi connectivity index (χ0v) is 26.2. The van der Waals surface area contributed by atoms with E-state index in [1.807, 2.05) is 0 Å². The minimum atomic E-state index is -3.70. The van der Waals surface area contributed by atoms with Gasteiger partial charge in [0.05, 0.1) is 50.1 Å². The number of hydrogen-bond acceptors (Lipinski definition) is 9. The molecule has 2 aliphatic heterocycles. The van der Waals surface area contributed by atoms with Gasteiger partial charge in [0.15, 0.2) is 21.5 Å². The predicted octanol–water partition coefficient (Wildman–Crippen LogP) is 2.78. The number of ether oxygens (including phenoxy) is 2. The van der Waals surface area contributed by atoms with Gasteiger partial charge in [0.1, 0.15) is 11.3 Å². The lowest BCUT2D eigenvalue weighted by Gasteiger charge is -2.27. The Morgan fingerprint density at radius 2 is 1.83 bits per heavy atom. The molecule has 0 bridgehead atoms. The second-order valence-electron chi connectivity index (χ2n) is 11.4. The van der Waals surface area contributed by atoms with Gasteiger partial charge in [-0.25, -0.2) is 22.2 Å². The van der Waals surface area contributed by atoms with Crippen molar-refractivity contribution >= 4 is 38.2 Å². The van der Waals surface area contributed by atoms with Gasteiger partial charge in [0, 0.05) is 73.5 Å². The van der Waals surface area contributed by atoms with Crippen LogP contribution in [0.3, 0.4) is 0 Å². The molecule has 0 fully saturated rings. The van der Waals surface area contributed by atoms with Crippen LogP contribution in [0.5, 0.6) is 0 Å². The average molecular weight is 657 g/mol. The molecule has 1 unspecified atom stereocenters. The van der Waals surface area contributed by atoms with Crippen molar-refractivity contribution in [2.45, 2.75) is 18.2 Å². The van der Waals surface area contributed by atoms with Crippen LogP contribution in [0.25, 0.3) is 22.0 Å². The number of nitrogens with one attached hydrogen (secondary N) is 1. The maximum atomic E-state index is 15.4. The highest BCUT2D eigenvalue weighted by Crippen LogP contribution is 2.47. The molecule has 5 heterocycles. The molecule has 0 radical (unpaired) electrons. The van der Waals surface area contributed by atoms with Crippen LogP contribution < -0.4 is 16.2 Å². The molecule has 0 saturated carbocycles. The first kappa shape index (κ1) is 31.8. The summed E-state index contributed by atoms with van der Waals surface area (Å²) in [6, 6.07) is 3.93. The molecule has 46 heavy (non-hydrogen) atoms. The van der Waals surface area contributed by atoms with Gasteiger partial charge < -0.3 is 34.6 Å². The number of H-pyrrole nitrogens is 1. The second-order valence-corrected chi connectivity index (χ2v) is 13.7. The Hall–Kier alpha value is -4.18. The van der Waals surface area contributed by atoms with Crippen LogP contribution in [0.1, 0.15) is 33.2 Å². The van der Waals surface area contributed by atoms with E-state index >= 15 is 4.39 Å². The van der Waals surface area contributed by atoms with Gasteiger partial charge in [-0.15, -0.1) is 0 Å². The fraction of sp³-hybridized carbons (Fsp3) is 0.387. The van der Waals surface area contributed by atoms with Crippen LogP contribution in [-0.2, 0) is 32.9 Å². The number of halogens is 2. The Bertz CT molecular complexity index is 2000. The normalized spacial score (nSPS) is 16.4. The van der Waals surface area contributed by atoms with Crippen molar-refractivity contribution in [1.82, 2.24) is 19.4 Å². The van der Waals surface area contributed by atoms with Crippen molar-refractivity contribution in [3.05, 3.63) is 75.5 Å². The fourth-order valence-electron chi connectivity index (χ4n) is 6.25. The predicted molar refractivity (Wildman–Crippen MR) is 168 cm³/mol. The zero-order chi connectivity index (χ0) is 32.7. The lowest BCUT2D eigenvalue weighted by molar-refractivity contribution is 0.0382. The van der Waals surface area contributed by atoms with Gasteiger partial charge in [-0.2, -0.15) is 0 Å². The molecule has 4 aromatic rings. The van der Waals surface area contributed by atoms with Crippen molar-refractivity contribution in [2.75, 3.05) is 57.2 Å². The van der Waals surface area contributed by atoms with Crippen molar-refractivity contribution in [1.29, 1.82) is 0 Å². The van der Waals surface area contributed by atoms with E-state index in [1.54, 1.807) is 36.5 Å². The van der Waals surface area contributed by atoms with Crippen molar-refractivity contribution in [2.24, 2.45) is 12.8 Å². The third kappa shape index (κ3) is 5.79. The van der Waals surface area contributed by atoms with Crippen molar-refractivity contribution < 1.29 is 31.5 Å². The zero-order valence-electron chi connectivity index (χ0n) is 25.4. The number of fused-ring (bicyclic) bond motifs is 3. The number of benzene rings is 1. The van der Waals surface area contributed by atoms with Crippen LogP contribution in [0.15, 0.2) is 41.6 Å². The minimum absolute atomic E-state index is 0.0228. The van der Waals surface area contributed by atoms with Crippen LogP contribution >= 0.6 is 0 Å². The number of nitrogens with two attached hydrogens (primary N) is 1. The molecule has 0 spiro atoms. The van der Waals surface area contributed by atoms with E-state index in [0.29, 0.717) is 65.2 Å². The molecule has 1 aromatic carbocycles. The third-order valence-electron chi connectivity index (χ3n) is 8.39. The number of pyridine rings is 2. The summed E-state index contributed by atoms with van der Waals surface area (Å²) in [5.41, 5.74) is 7.95. The number of anilines is 2. The summed E-state index contributed by atoms with van der Waals surface area (Å²) in [4.78, 5) is 37.3. The van der Waals surface area contributed by atoms with Gasteiger partial charge >= 0.3 is 0 Å². The number of aromatic nitrogens is 3. The number of carbonyl (C=O) groups excluding carboxylic acids is 1. The summed E-state index contributed by atoms with van der Waals surface area (Å²) in [7, 11) is -2.11. The quantitative estimate of drug-likeness (QED) is 0.246. The van der Waals surface area contributed by atoms with E-state index in [2.05, 4.69) is 9.97 Å². The van der Waals surface area contributed by atoms with Crippen LogP contribution in [-0.4, -0.2) is 86.1 Å². The Balaban J connectivity index is 1.51. The van der Waals surface area contributed by atoms with Gasteiger partial charge in [-0.05, 0) is 29.7 Å². The van der Waals surface area contributed by atoms with Gasteiger partial charge in [-0.1, -0.05) is 0 Å². The molecule has 0 aliphatic carbocycles. The maximum absolute atomic E-state index is 15.4. The number of sulfone groups is 1. The number of aryl methyl sites for hydroxylation is 1. The highest BCUT2D eigenvalue weighted by atomic mass is 32.2. The average Bonchev–Trinajstić information content (AvgIpc) is 3.31. The second kappa shape index (κ2) is 12.5. The number of rotatable bonds is 10. The van der Waals surface area contributed by atoms with Gasteiger partial charge in [0.25, 0.3) is 11.5 Å². The van der Waals surface area contributed by atoms with E-state index in [-0.39, 0.29) is 49.6 Å². The first-order chi connectivity index (χ1) is 22.0. The van der Waals surface area contributed by atoms with E-state index in [9.17, 15) is 22.4 Å². The van der Waals surface area contributed by atoms with E-state index in [1.165, 1.54) is 9.47 Å². The highest BCUT2D eigenvalue weighted by molar-refractivity contribution is 7.90. The summed E-state index contributed by atoms with van der Waals surface area (Å²) < 4.78 is 68.1. The molecular formula is C31H34F2N6O6S. The number of nitrogens with zero attached hydrogens (tertiary/aromatic N) is 4. The Kier molecular flexibility index (Phi) is 8.67. The first-order valence-electron chi connectivity index (χ1n) is 14.8. The number of aromatic amines is 1. The van der Waals surface area contributed by atoms with Gasteiger partial charge in [0.2, 0.25) is 0 Å². The molecule has 0 saturated heterocycles. The summed E-state index contributed by atoms with van der Waals surface area (Å²) in [5.74, 6) is -2.39. The largest absolute Gasteiger partial charge is 0.378 e. The standard InChI is InChI=1S/C31H34F2N6O6S/c1-37-17-23-20-12-21-22(30(40)38(5-3-26(21)46(2,42)43)6-8-45-10-9-44-7-4-34)13-25(20)39(29-24(33)11-19(32)15-36-29)16-18-14-35-28(27(18)23)31(37)41/h11-15,17,26,35H,3-10,16,34H2,1-2H3. The van der Waals surface area contributed by atoms with Crippen molar-refractivity contribution in [3.63, 3.8) is 0 Å². The van der Waals surface area contributed by atoms with Crippen LogP contribution in [0.4, 0.5) is 20.3 Å². The van der Waals surface area contributed by atoms with Gasteiger partial charge in [-0.3, -0.25) is 9.59 Å². The lowest BCUT2D eigenvalue weighted by atomic mass is 9.93. The summed E-state index contributed by atoms with van der Waals surface area (Å²) >= 11 is 0. The van der Waals surface area contributed by atoms with E-state index < -0.39 is 32.6 Å². The number of amides is 1. The number of carbonyl (C=O) groups is 1. The number of hydrogen-bond donors (Lipinski definition) is 2. The highest BCUT2D eigenvalue weighted by Gasteiger charge is 2.37. The fourth-order valence-corrected chi connectivity index (χ4v) is 7.44. The van der Waals surface area contributed by atoms with E-state index in [4.69, 9.17) is 15.2 Å². The molecule has 1 atom stereocenters. The molecular weight excluding hydrogens is 622 g/mol. The molecule has 1 amide bonds. The van der Waals surface area contributed by atoms with E-state index in [0.717, 1.165) is 18.5 Å². The molecule has 244 valence electrons. The SMILES string of the molecule is Cn1cc2c3c(c[nH]c3c1=O)CN(c1ncc(F)cc1F)c1cc3c(cc1-2)C(S(C)(=O)=O)CCN(CCOCCOCCN)C3=O. The molecule has 15 heteroatoms. The summed E-state index contributed by atoms with van der Waals surface area (Å²) in [6.07, 6.45) is 5.46. The maximum Gasteiger partial charge on any atom is 0.274 e. The lowest BCUT2D eigenvalue weighted by Crippen LogP contribution is -2.34. The Morgan fingerprint density at radius 1 is 1.07 bits per heavy atom. The first-order valence-corrected chi connectivity index (χ1v) is 16.7. The van der Waals surface area contributed by atoms with Crippen LogP contribution in [0.2, 0.25) is 0 Å². The molecule has 12 nitrogen and oxygen atoms in total. The molecule has 3 aromatic heterocycles. The monoisotopic (exact) mass is 656 g/mol. The van der Waals surface area contributed by atoms with Crippen LogP contribution in [0, 0.1) is 11.6 Å². The summed E-state index contributed by atoms with van der Waals surface area (Å²) in [6.45, 7) is 2.04. The minimum Gasteiger partial charge on any atom is -0.378 e. The molecule has 3 N–H and O–H groups in total.